The number of likely N-dealkylation sites (N-methyl/N-ethyl adjacent to an activating group) is 1. The Hall–Kier alpha value is -0.580. The molecule has 0 atom stereocenters. The number of nitrogens with zero attached hydrogens (tertiary/aromatic N) is 1. The predicted molar refractivity (Wildman–Crippen MR) is 76.0 cm³/mol. The van der Waals surface area contributed by atoms with Crippen LogP contribution in [0.1, 0.15) is 19.4 Å². The number of benzene rings is 1. The maximum absolute atomic E-state index is 5.96. The van der Waals surface area contributed by atoms with Crippen molar-refractivity contribution in [1.82, 2.24) is 4.90 Å². The SMILES string of the molecule is CC(C)OCCN(C)Cc1c(N)cccc1Br. The number of halogens is 1. The zero-order valence-electron chi connectivity index (χ0n) is 10.7. The second kappa shape index (κ2) is 6.99. The Balaban J connectivity index is 2.47. The van der Waals surface area contributed by atoms with Gasteiger partial charge in [-0.2, -0.15) is 0 Å². The van der Waals surface area contributed by atoms with Crippen LogP contribution in [0, 0.1) is 0 Å². The molecule has 0 radical (unpaired) electrons. The molecule has 0 saturated carbocycles. The van der Waals surface area contributed by atoms with Crippen molar-refractivity contribution in [1.29, 1.82) is 0 Å². The molecule has 0 bridgehead atoms. The van der Waals surface area contributed by atoms with Gasteiger partial charge in [-0.3, -0.25) is 4.90 Å². The van der Waals surface area contributed by atoms with Gasteiger partial charge in [0.05, 0.1) is 12.7 Å². The first kappa shape index (κ1) is 14.5. The highest BCUT2D eigenvalue weighted by Crippen LogP contribution is 2.23. The summed E-state index contributed by atoms with van der Waals surface area (Å²) in [5, 5.41) is 0. The van der Waals surface area contributed by atoms with Gasteiger partial charge in [0.25, 0.3) is 0 Å². The van der Waals surface area contributed by atoms with Gasteiger partial charge in [0.1, 0.15) is 0 Å². The van der Waals surface area contributed by atoms with E-state index in [9.17, 15) is 0 Å². The zero-order chi connectivity index (χ0) is 12.8. The average molecular weight is 301 g/mol. The number of hydrogen-bond acceptors (Lipinski definition) is 3. The molecule has 4 heteroatoms. The van der Waals surface area contributed by atoms with Crippen LogP contribution in [0.5, 0.6) is 0 Å². The largest absolute Gasteiger partial charge is 0.398 e. The topological polar surface area (TPSA) is 38.5 Å². The van der Waals surface area contributed by atoms with E-state index in [1.807, 2.05) is 32.0 Å². The minimum Gasteiger partial charge on any atom is -0.398 e. The van der Waals surface area contributed by atoms with Crippen molar-refractivity contribution in [2.24, 2.45) is 0 Å². The van der Waals surface area contributed by atoms with Crippen LogP contribution in [0.3, 0.4) is 0 Å². The minimum atomic E-state index is 0.289. The molecule has 1 rings (SSSR count). The molecule has 96 valence electrons. The summed E-state index contributed by atoms with van der Waals surface area (Å²) in [6.45, 7) is 6.57. The summed E-state index contributed by atoms with van der Waals surface area (Å²) in [6.07, 6.45) is 0.289. The first-order chi connectivity index (χ1) is 8.00. The van der Waals surface area contributed by atoms with E-state index in [2.05, 4.69) is 27.9 Å². The van der Waals surface area contributed by atoms with E-state index in [0.29, 0.717) is 0 Å². The van der Waals surface area contributed by atoms with Crippen molar-refractivity contribution in [3.63, 3.8) is 0 Å². The Morgan fingerprint density at radius 3 is 2.71 bits per heavy atom. The van der Waals surface area contributed by atoms with Crippen LogP contribution in [0.25, 0.3) is 0 Å². The summed E-state index contributed by atoms with van der Waals surface area (Å²) >= 11 is 3.53. The summed E-state index contributed by atoms with van der Waals surface area (Å²) < 4.78 is 6.59. The van der Waals surface area contributed by atoms with Crippen LogP contribution >= 0.6 is 15.9 Å². The molecule has 0 aliphatic carbocycles. The third kappa shape index (κ3) is 5.06. The predicted octanol–water partition coefficient (Wildman–Crippen LogP) is 2.89. The van der Waals surface area contributed by atoms with Crippen molar-refractivity contribution < 1.29 is 4.74 Å². The van der Waals surface area contributed by atoms with Crippen LogP contribution in [0.4, 0.5) is 5.69 Å². The van der Waals surface area contributed by atoms with E-state index >= 15 is 0 Å². The van der Waals surface area contributed by atoms with Crippen molar-refractivity contribution in [2.75, 3.05) is 25.9 Å². The Morgan fingerprint density at radius 2 is 2.12 bits per heavy atom. The average Bonchev–Trinajstić information content (AvgIpc) is 2.23. The van der Waals surface area contributed by atoms with Crippen LogP contribution in [0.15, 0.2) is 22.7 Å². The second-order valence-corrected chi connectivity index (χ2v) is 5.32. The standard InChI is InChI=1S/C13H21BrN2O/c1-10(2)17-8-7-16(3)9-11-12(14)5-4-6-13(11)15/h4-6,10H,7-9,15H2,1-3H3. The fraction of sp³-hybridized carbons (Fsp3) is 0.538. The third-order valence-corrected chi connectivity index (χ3v) is 3.25. The zero-order valence-corrected chi connectivity index (χ0v) is 12.3. The number of hydrogen-bond donors (Lipinski definition) is 1. The number of ether oxygens (including phenoxy) is 1. The monoisotopic (exact) mass is 300 g/mol. The lowest BCUT2D eigenvalue weighted by molar-refractivity contribution is 0.0627. The molecule has 0 aliphatic rings. The van der Waals surface area contributed by atoms with Gasteiger partial charge >= 0.3 is 0 Å². The fourth-order valence-corrected chi connectivity index (χ4v) is 2.04. The Morgan fingerprint density at radius 1 is 1.41 bits per heavy atom. The maximum atomic E-state index is 5.96. The molecule has 0 aromatic heterocycles. The highest BCUT2D eigenvalue weighted by molar-refractivity contribution is 9.10. The van der Waals surface area contributed by atoms with Gasteiger partial charge in [-0.15, -0.1) is 0 Å². The summed E-state index contributed by atoms with van der Waals surface area (Å²) in [5.41, 5.74) is 7.93. The van der Waals surface area contributed by atoms with Crippen molar-refractivity contribution in [2.45, 2.75) is 26.5 Å². The van der Waals surface area contributed by atoms with Crippen molar-refractivity contribution in [3.8, 4) is 0 Å². The summed E-state index contributed by atoms with van der Waals surface area (Å²) in [7, 11) is 2.07. The minimum absolute atomic E-state index is 0.289. The van der Waals surface area contributed by atoms with E-state index in [1.54, 1.807) is 0 Å². The van der Waals surface area contributed by atoms with Gasteiger partial charge in [-0.05, 0) is 33.0 Å². The molecule has 17 heavy (non-hydrogen) atoms. The number of rotatable bonds is 6. The number of nitrogen functional groups attached to an aromatic ring is 1. The second-order valence-electron chi connectivity index (χ2n) is 4.46. The van der Waals surface area contributed by atoms with Gasteiger partial charge in [0.2, 0.25) is 0 Å². The van der Waals surface area contributed by atoms with E-state index < -0.39 is 0 Å². The lowest BCUT2D eigenvalue weighted by atomic mass is 10.2. The van der Waals surface area contributed by atoms with Crippen molar-refractivity contribution >= 4 is 21.6 Å². The van der Waals surface area contributed by atoms with E-state index in [4.69, 9.17) is 10.5 Å². The summed E-state index contributed by atoms with van der Waals surface area (Å²) in [6, 6.07) is 5.90. The molecule has 0 aliphatic heterocycles. The summed E-state index contributed by atoms with van der Waals surface area (Å²) in [5.74, 6) is 0. The molecule has 0 unspecified atom stereocenters. The smallest absolute Gasteiger partial charge is 0.0596 e. The Bertz CT molecular complexity index is 335. The Labute approximate surface area is 112 Å². The molecule has 0 heterocycles. The van der Waals surface area contributed by atoms with Crippen LogP contribution in [0.2, 0.25) is 0 Å². The quantitative estimate of drug-likeness (QED) is 0.821. The Kier molecular flexibility index (Phi) is 5.95. The van der Waals surface area contributed by atoms with Gasteiger partial charge < -0.3 is 10.5 Å². The highest BCUT2D eigenvalue weighted by atomic mass is 79.9. The van der Waals surface area contributed by atoms with Crippen LogP contribution in [-0.4, -0.2) is 31.2 Å². The van der Waals surface area contributed by atoms with Crippen molar-refractivity contribution in [3.05, 3.63) is 28.2 Å². The van der Waals surface area contributed by atoms with E-state index in [1.165, 1.54) is 0 Å². The van der Waals surface area contributed by atoms with Gasteiger partial charge in [-0.25, -0.2) is 0 Å². The third-order valence-electron chi connectivity index (χ3n) is 2.51. The van der Waals surface area contributed by atoms with Gasteiger partial charge in [0.15, 0.2) is 0 Å². The molecular formula is C13H21BrN2O. The molecule has 0 amide bonds. The van der Waals surface area contributed by atoms with Crippen LogP contribution in [-0.2, 0) is 11.3 Å². The fourth-order valence-electron chi connectivity index (χ4n) is 1.54. The lowest BCUT2D eigenvalue weighted by Crippen LogP contribution is -2.24. The lowest BCUT2D eigenvalue weighted by Gasteiger charge is -2.19. The van der Waals surface area contributed by atoms with E-state index in [0.717, 1.165) is 35.4 Å². The summed E-state index contributed by atoms with van der Waals surface area (Å²) in [4.78, 5) is 2.21. The molecule has 1 aromatic rings. The van der Waals surface area contributed by atoms with Gasteiger partial charge in [0, 0.05) is 28.8 Å². The molecule has 0 spiro atoms. The molecule has 3 nitrogen and oxygen atoms in total. The molecule has 1 aromatic carbocycles. The normalized spacial score (nSPS) is 11.4. The molecule has 2 N–H and O–H groups in total. The number of anilines is 1. The highest BCUT2D eigenvalue weighted by Gasteiger charge is 2.07. The first-order valence-electron chi connectivity index (χ1n) is 5.83. The van der Waals surface area contributed by atoms with Crippen LogP contribution < -0.4 is 5.73 Å². The molecule has 0 saturated heterocycles. The van der Waals surface area contributed by atoms with Gasteiger partial charge in [-0.1, -0.05) is 22.0 Å². The molecule has 0 fully saturated rings. The maximum Gasteiger partial charge on any atom is 0.0596 e. The first-order valence-corrected chi connectivity index (χ1v) is 6.63. The van der Waals surface area contributed by atoms with E-state index in [-0.39, 0.29) is 6.10 Å². The number of nitrogens with two attached hydrogens (primary N) is 1. The molecular weight excluding hydrogens is 280 g/mol.